The molecule has 0 fully saturated rings. The summed E-state index contributed by atoms with van der Waals surface area (Å²) in [6, 6.07) is 9.83. The van der Waals surface area contributed by atoms with Crippen LogP contribution in [0.2, 0.25) is 0 Å². The van der Waals surface area contributed by atoms with Crippen LogP contribution in [0.5, 0.6) is 11.6 Å². The van der Waals surface area contributed by atoms with Crippen LogP contribution in [0.15, 0.2) is 48.8 Å². The van der Waals surface area contributed by atoms with Crippen LogP contribution >= 0.6 is 0 Å². The van der Waals surface area contributed by atoms with Crippen molar-refractivity contribution in [1.82, 2.24) is 9.97 Å². The first-order valence-electron chi connectivity index (χ1n) is 7.40. The first kappa shape index (κ1) is 17.2. The van der Waals surface area contributed by atoms with E-state index >= 15 is 0 Å². The first-order valence-corrected chi connectivity index (χ1v) is 7.40. The second-order valence-corrected chi connectivity index (χ2v) is 5.30. The predicted octanol–water partition coefficient (Wildman–Crippen LogP) is 4.51. The maximum Gasteiger partial charge on any atom is 0.373 e. The molecule has 3 aromatic rings. The summed E-state index contributed by atoms with van der Waals surface area (Å²) in [7, 11) is 0. The summed E-state index contributed by atoms with van der Waals surface area (Å²) >= 11 is 0. The van der Waals surface area contributed by atoms with Crippen LogP contribution in [0, 0.1) is 28.7 Å². The molecular weight excluding hydrogens is 346 g/mol. The van der Waals surface area contributed by atoms with E-state index in [0.717, 1.165) is 24.0 Å². The molecule has 0 spiro atoms. The van der Waals surface area contributed by atoms with Crippen molar-refractivity contribution in [1.29, 1.82) is 0 Å². The van der Waals surface area contributed by atoms with Crippen molar-refractivity contribution >= 4 is 17.2 Å². The molecule has 0 saturated heterocycles. The van der Waals surface area contributed by atoms with Crippen LogP contribution < -0.4 is 10.1 Å². The number of halogens is 2. The molecule has 0 unspecified atom stereocenters. The Morgan fingerprint density at radius 2 is 1.81 bits per heavy atom. The molecule has 1 N–H and O–H groups in total. The number of benzene rings is 2. The highest BCUT2D eigenvalue weighted by molar-refractivity contribution is 5.68. The van der Waals surface area contributed by atoms with Crippen LogP contribution in [0.1, 0.15) is 5.56 Å². The Balaban J connectivity index is 1.96. The number of hydrogen-bond donors (Lipinski definition) is 1. The molecule has 0 aliphatic rings. The van der Waals surface area contributed by atoms with Gasteiger partial charge in [-0.05, 0) is 31.2 Å². The van der Waals surface area contributed by atoms with Crippen molar-refractivity contribution in [3.8, 4) is 11.6 Å². The largest absolute Gasteiger partial charge is 0.434 e. The number of nitro groups is 1. The minimum Gasteiger partial charge on any atom is -0.434 e. The summed E-state index contributed by atoms with van der Waals surface area (Å²) in [5.41, 5.74) is 0.556. The van der Waals surface area contributed by atoms with E-state index in [-0.39, 0.29) is 17.4 Å². The fourth-order valence-corrected chi connectivity index (χ4v) is 2.12. The summed E-state index contributed by atoms with van der Waals surface area (Å²) in [4.78, 5) is 18.4. The van der Waals surface area contributed by atoms with Gasteiger partial charge in [0.15, 0.2) is 11.6 Å². The monoisotopic (exact) mass is 358 g/mol. The molecule has 1 aromatic heterocycles. The molecule has 0 saturated carbocycles. The Labute approximate surface area is 146 Å². The Morgan fingerprint density at radius 3 is 2.46 bits per heavy atom. The molecule has 0 atom stereocenters. The minimum atomic E-state index is -1.09. The molecule has 0 aliphatic heterocycles. The van der Waals surface area contributed by atoms with Crippen molar-refractivity contribution in [2.24, 2.45) is 0 Å². The lowest BCUT2D eigenvalue weighted by Crippen LogP contribution is -2.04. The van der Waals surface area contributed by atoms with Crippen molar-refractivity contribution in [2.75, 3.05) is 5.32 Å². The highest BCUT2D eigenvalue weighted by Gasteiger charge is 2.25. The molecule has 1 heterocycles. The van der Waals surface area contributed by atoms with Gasteiger partial charge in [0.25, 0.3) is 0 Å². The van der Waals surface area contributed by atoms with E-state index in [1.165, 1.54) is 6.07 Å². The standard InChI is InChI=1S/C17H12F2N4O3/c1-10-2-5-12(6-3-10)26-17-15(23(24)25)16(20-9-21-17)22-11-4-7-13(18)14(19)8-11/h2-9H,1H3,(H,20,21,22). The lowest BCUT2D eigenvalue weighted by Gasteiger charge is -2.09. The third kappa shape index (κ3) is 3.72. The Kier molecular flexibility index (Phi) is 4.70. The molecule has 9 heteroatoms. The second-order valence-electron chi connectivity index (χ2n) is 5.30. The van der Waals surface area contributed by atoms with Gasteiger partial charge in [-0.3, -0.25) is 10.1 Å². The maximum absolute atomic E-state index is 13.3. The van der Waals surface area contributed by atoms with Gasteiger partial charge in [0.2, 0.25) is 5.82 Å². The number of aryl methyl sites for hydroxylation is 1. The molecule has 7 nitrogen and oxygen atoms in total. The quantitative estimate of drug-likeness (QED) is 0.533. The lowest BCUT2D eigenvalue weighted by atomic mass is 10.2. The van der Waals surface area contributed by atoms with E-state index in [4.69, 9.17) is 4.74 Å². The number of nitrogens with one attached hydrogen (secondary N) is 1. The molecular formula is C17H12F2N4O3. The number of anilines is 2. The molecule has 26 heavy (non-hydrogen) atoms. The van der Waals surface area contributed by atoms with Gasteiger partial charge >= 0.3 is 11.6 Å². The van der Waals surface area contributed by atoms with Gasteiger partial charge in [0.1, 0.15) is 12.1 Å². The Hall–Kier alpha value is -3.62. The molecule has 0 aliphatic carbocycles. The number of hydrogen-bond acceptors (Lipinski definition) is 6. The second kappa shape index (κ2) is 7.09. The molecule has 0 amide bonds. The molecule has 0 radical (unpaired) electrons. The van der Waals surface area contributed by atoms with Crippen molar-refractivity contribution in [3.63, 3.8) is 0 Å². The van der Waals surface area contributed by atoms with Crippen LogP contribution in [0.3, 0.4) is 0 Å². The Bertz CT molecular complexity index is 965. The van der Waals surface area contributed by atoms with Gasteiger partial charge in [0.05, 0.1) is 4.92 Å². The number of aromatic nitrogens is 2. The zero-order valence-corrected chi connectivity index (χ0v) is 13.4. The molecule has 3 rings (SSSR count). The Morgan fingerprint density at radius 1 is 1.08 bits per heavy atom. The van der Waals surface area contributed by atoms with E-state index < -0.39 is 22.2 Å². The summed E-state index contributed by atoms with van der Waals surface area (Å²) in [5.74, 6) is -2.26. The topological polar surface area (TPSA) is 90.2 Å². The smallest absolute Gasteiger partial charge is 0.373 e. The summed E-state index contributed by atoms with van der Waals surface area (Å²) in [6.45, 7) is 1.89. The van der Waals surface area contributed by atoms with Gasteiger partial charge in [-0.1, -0.05) is 17.7 Å². The fourth-order valence-electron chi connectivity index (χ4n) is 2.12. The highest BCUT2D eigenvalue weighted by Crippen LogP contribution is 2.35. The molecule has 2 aromatic carbocycles. The van der Waals surface area contributed by atoms with Gasteiger partial charge in [-0.2, -0.15) is 4.98 Å². The van der Waals surface area contributed by atoms with Gasteiger partial charge in [-0.25, -0.2) is 13.8 Å². The zero-order chi connectivity index (χ0) is 18.7. The lowest BCUT2D eigenvalue weighted by molar-refractivity contribution is -0.385. The van der Waals surface area contributed by atoms with Crippen molar-refractivity contribution < 1.29 is 18.4 Å². The predicted molar refractivity (Wildman–Crippen MR) is 89.6 cm³/mol. The molecule has 0 bridgehead atoms. The van der Waals surface area contributed by atoms with Crippen LogP contribution in [-0.4, -0.2) is 14.9 Å². The van der Waals surface area contributed by atoms with E-state index in [2.05, 4.69) is 15.3 Å². The number of ether oxygens (including phenoxy) is 1. The number of nitrogens with zero attached hydrogens (tertiary/aromatic N) is 3. The number of rotatable bonds is 5. The average Bonchev–Trinajstić information content (AvgIpc) is 2.60. The highest BCUT2D eigenvalue weighted by atomic mass is 19.2. The van der Waals surface area contributed by atoms with Crippen LogP contribution in [0.4, 0.5) is 26.0 Å². The van der Waals surface area contributed by atoms with E-state index in [1.54, 1.807) is 24.3 Å². The third-order valence-electron chi connectivity index (χ3n) is 3.39. The van der Waals surface area contributed by atoms with Crippen LogP contribution in [-0.2, 0) is 0 Å². The third-order valence-corrected chi connectivity index (χ3v) is 3.39. The van der Waals surface area contributed by atoms with E-state index in [0.29, 0.717) is 5.75 Å². The molecule has 132 valence electrons. The van der Waals surface area contributed by atoms with E-state index in [9.17, 15) is 18.9 Å². The minimum absolute atomic E-state index is 0.0898. The normalized spacial score (nSPS) is 10.4. The summed E-state index contributed by atoms with van der Waals surface area (Å²) in [6.07, 6.45) is 1.07. The van der Waals surface area contributed by atoms with Gasteiger partial charge in [0, 0.05) is 11.8 Å². The van der Waals surface area contributed by atoms with Gasteiger partial charge in [-0.15, -0.1) is 0 Å². The SMILES string of the molecule is Cc1ccc(Oc2ncnc(Nc3ccc(F)c(F)c3)c2[N+](=O)[O-])cc1. The van der Waals surface area contributed by atoms with E-state index in [1.807, 2.05) is 6.92 Å². The fraction of sp³-hybridized carbons (Fsp3) is 0.0588. The average molecular weight is 358 g/mol. The van der Waals surface area contributed by atoms with Crippen molar-refractivity contribution in [3.05, 3.63) is 76.1 Å². The van der Waals surface area contributed by atoms with Crippen molar-refractivity contribution in [2.45, 2.75) is 6.92 Å². The summed E-state index contributed by atoms with van der Waals surface area (Å²) < 4.78 is 31.8. The summed E-state index contributed by atoms with van der Waals surface area (Å²) in [5, 5.41) is 14.0. The van der Waals surface area contributed by atoms with Gasteiger partial charge < -0.3 is 10.1 Å². The van der Waals surface area contributed by atoms with Crippen LogP contribution in [0.25, 0.3) is 0 Å². The zero-order valence-electron chi connectivity index (χ0n) is 13.4. The maximum atomic E-state index is 13.3. The first-order chi connectivity index (χ1) is 12.4.